The summed E-state index contributed by atoms with van der Waals surface area (Å²) < 4.78 is 22.8. The molecule has 0 unspecified atom stereocenters. The summed E-state index contributed by atoms with van der Waals surface area (Å²) in [7, 11) is 0. The van der Waals surface area contributed by atoms with E-state index in [0.29, 0.717) is 12.8 Å². The van der Waals surface area contributed by atoms with Gasteiger partial charge in [-0.3, -0.25) is 9.11 Å². The van der Waals surface area contributed by atoms with E-state index in [1.165, 1.54) is 0 Å². The van der Waals surface area contributed by atoms with E-state index in [9.17, 15) is 9.59 Å². The molecule has 2 N–H and O–H groups in total. The molecule has 0 aromatic heterocycles. The minimum atomic E-state index is -2.61. The van der Waals surface area contributed by atoms with Crippen LogP contribution in [0.2, 0.25) is 0 Å². The minimum absolute atomic E-state index is 0. The summed E-state index contributed by atoms with van der Waals surface area (Å²) in [4.78, 5) is 18.8. The predicted octanol–water partition coefficient (Wildman–Crippen LogP) is -0.803. The molecule has 0 aliphatic rings. The van der Waals surface area contributed by atoms with Crippen molar-refractivity contribution in [3.8, 4) is 0 Å². The van der Waals surface area contributed by atoms with Crippen LogP contribution in [0.3, 0.4) is 0 Å². The molecule has 0 amide bonds. The molecule has 11 heavy (non-hydrogen) atoms. The second kappa shape index (κ2) is 16.8. The third kappa shape index (κ3) is 63.3. The van der Waals surface area contributed by atoms with Gasteiger partial charge in [0.15, 0.2) is 0 Å². The van der Waals surface area contributed by atoms with Gasteiger partial charge in [0.2, 0.25) is 0 Å². The molecule has 0 aliphatic heterocycles. The number of carbonyl (C=O) groups excluding carboxylic acids is 2. The molecule has 0 radical (unpaired) electrons. The molecule has 0 heterocycles. The van der Waals surface area contributed by atoms with Crippen LogP contribution in [0, 0.1) is 0 Å². The SMILES string of the molecule is O=CCCC=O.O=S(O)O.[NaH]. The summed E-state index contributed by atoms with van der Waals surface area (Å²) in [5.41, 5.74) is 0. The molecular formula is C4H9NaO5S. The van der Waals surface area contributed by atoms with Crippen molar-refractivity contribution in [1.82, 2.24) is 0 Å². The zero-order valence-corrected chi connectivity index (χ0v) is 5.91. The van der Waals surface area contributed by atoms with Gasteiger partial charge in [0.1, 0.15) is 12.6 Å². The van der Waals surface area contributed by atoms with Gasteiger partial charge in [-0.15, -0.1) is 0 Å². The Hall–Kier alpha value is 0.410. The topological polar surface area (TPSA) is 91.7 Å². The molecule has 0 bridgehead atoms. The fourth-order valence-electron chi connectivity index (χ4n) is 0.136. The first-order valence-corrected chi connectivity index (χ1v) is 3.38. The molecular weight excluding hydrogens is 183 g/mol. The van der Waals surface area contributed by atoms with E-state index < -0.39 is 11.4 Å². The summed E-state index contributed by atoms with van der Waals surface area (Å²) in [5.74, 6) is 0. The Morgan fingerprint density at radius 1 is 1.09 bits per heavy atom. The van der Waals surface area contributed by atoms with Crippen LogP contribution in [0.15, 0.2) is 0 Å². The van der Waals surface area contributed by atoms with Crippen LogP contribution < -0.4 is 0 Å². The van der Waals surface area contributed by atoms with Crippen molar-refractivity contribution in [3.05, 3.63) is 0 Å². The molecule has 0 aromatic carbocycles. The number of aldehydes is 2. The van der Waals surface area contributed by atoms with Gasteiger partial charge in [-0.05, 0) is 0 Å². The second-order valence-corrected chi connectivity index (χ2v) is 1.60. The molecule has 0 saturated carbocycles. The third-order valence-electron chi connectivity index (χ3n) is 0.402. The fraction of sp³-hybridized carbons (Fsp3) is 0.500. The Balaban J connectivity index is -0.000000114. The summed E-state index contributed by atoms with van der Waals surface area (Å²) >= 11 is -2.61. The van der Waals surface area contributed by atoms with Crippen LogP contribution in [-0.2, 0) is 21.0 Å². The zero-order valence-electron chi connectivity index (χ0n) is 5.10. The fourth-order valence-corrected chi connectivity index (χ4v) is 0.136. The second-order valence-electron chi connectivity index (χ2n) is 1.14. The average Bonchev–Trinajstić information content (AvgIpc) is 1.82. The molecule has 0 aromatic rings. The van der Waals surface area contributed by atoms with Crippen molar-refractivity contribution in [3.63, 3.8) is 0 Å². The summed E-state index contributed by atoms with van der Waals surface area (Å²) in [6.07, 6.45) is 2.19. The number of hydrogen-bond acceptors (Lipinski definition) is 3. The summed E-state index contributed by atoms with van der Waals surface area (Å²) in [5, 5.41) is 0. The number of unbranched alkanes of at least 4 members (excludes halogenated alkanes) is 1. The van der Waals surface area contributed by atoms with Gasteiger partial charge in [-0.1, -0.05) is 0 Å². The average molecular weight is 192 g/mol. The third-order valence-corrected chi connectivity index (χ3v) is 0.402. The molecule has 0 fully saturated rings. The van der Waals surface area contributed by atoms with E-state index in [2.05, 4.69) is 0 Å². The molecule has 62 valence electrons. The Kier molecular flexibility index (Phi) is 26.7. The van der Waals surface area contributed by atoms with E-state index in [1.54, 1.807) is 0 Å². The van der Waals surface area contributed by atoms with Crippen molar-refractivity contribution < 1.29 is 22.9 Å². The molecule has 0 saturated heterocycles. The summed E-state index contributed by atoms with van der Waals surface area (Å²) in [6.45, 7) is 0. The van der Waals surface area contributed by atoms with Crippen LogP contribution in [-0.4, -0.2) is 55.4 Å². The number of carbonyl (C=O) groups is 2. The van der Waals surface area contributed by atoms with Gasteiger partial charge in [0.05, 0.1) is 0 Å². The molecule has 0 spiro atoms. The maximum atomic E-state index is 9.40. The predicted molar refractivity (Wildman–Crippen MR) is 41.9 cm³/mol. The van der Waals surface area contributed by atoms with Gasteiger partial charge in [-0.2, -0.15) is 4.21 Å². The first-order valence-electron chi connectivity index (χ1n) is 2.32. The van der Waals surface area contributed by atoms with Gasteiger partial charge < -0.3 is 9.59 Å². The van der Waals surface area contributed by atoms with Crippen LogP contribution in [0.25, 0.3) is 0 Å². The Labute approximate surface area is 89.0 Å². The monoisotopic (exact) mass is 192 g/mol. The van der Waals surface area contributed by atoms with Crippen molar-refractivity contribution >= 4 is 53.5 Å². The number of rotatable bonds is 3. The van der Waals surface area contributed by atoms with Crippen molar-refractivity contribution in [1.29, 1.82) is 0 Å². The van der Waals surface area contributed by atoms with E-state index in [4.69, 9.17) is 13.3 Å². The van der Waals surface area contributed by atoms with Gasteiger partial charge in [0, 0.05) is 12.8 Å². The maximum absolute atomic E-state index is 9.40. The van der Waals surface area contributed by atoms with E-state index >= 15 is 0 Å². The first-order chi connectivity index (χ1) is 4.65. The van der Waals surface area contributed by atoms with E-state index in [1.807, 2.05) is 0 Å². The zero-order chi connectivity index (χ0) is 8.41. The van der Waals surface area contributed by atoms with Crippen LogP contribution in [0.5, 0.6) is 0 Å². The van der Waals surface area contributed by atoms with E-state index in [-0.39, 0.29) is 29.6 Å². The van der Waals surface area contributed by atoms with Crippen LogP contribution >= 0.6 is 0 Å². The van der Waals surface area contributed by atoms with Crippen molar-refractivity contribution in [2.24, 2.45) is 0 Å². The molecule has 0 aliphatic carbocycles. The normalized spacial score (nSPS) is 7.18. The Morgan fingerprint density at radius 3 is 1.36 bits per heavy atom. The molecule has 0 atom stereocenters. The summed E-state index contributed by atoms with van der Waals surface area (Å²) in [6, 6.07) is 0. The molecule has 0 rings (SSSR count). The van der Waals surface area contributed by atoms with Crippen molar-refractivity contribution in [2.45, 2.75) is 12.8 Å². The first kappa shape index (κ1) is 17.5. The standard InChI is InChI=1S/C4H6O2.Na.H2O3S.H/c5-3-1-2-4-6;;1-4(2)3;/h3-4H,1-2H2;;(H2,1,2,3);. The number of hydrogen-bond donors (Lipinski definition) is 2. The quantitative estimate of drug-likeness (QED) is 0.264. The van der Waals surface area contributed by atoms with Crippen LogP contribution in [0.1, 0.15) is 12.8 Å². The molecule has 5 nitrogen and oxygen atoms in total. The van der Waals surface area contributed by atoms with Gasteiger partial charge >= 0.3 is 29.6 Å². The molecule has 7 heteroatoms. The van der Waals surface area contributed by atoms with Crippen LogP contribution in [0.4, 0.5) is 0 Å². The van der Waals surface area contributed by atoms with Crippen molar-refractivity contribution in [2.75, 3.05) is 0 Å². The Morgan fingerprint density at radius 2 is 1.27 bits per heavy atom. The van der Waals surface area contributed by atoms with E-state index in [0.717, 1.165) is 12.6 Å². The Bertz CT molecular complexity index is 105. The van der Waals surface area contributed by atoms with Gasteiger partial charge in [-0.25, -0.2) is 0 Å². The van der Waals surface area contributed by atoms with Gasteiger partial charge in [0.25, 0.3) is 11.4 Å².